The average molecular weight is 241 g/mol. The zero-order valence-electron chi connectivity index (χ0n) is 12.4. The van der Waals surface area contributed by atoms with Crippen molar-refractivity contribution >= 4 is 0 Å². The lowest BCUT2D eigenvalue weighted by atomic mass is 10.2. The first-order valence-corrected chi connectivity index (χ1v) is 6.72. The molecule has 3 heteroatoms. The van der Waals surface area contributed by atoms with Crippen molar-refractivity contribution < 1.29 is 0 Å². The molecule has 0 aliphatic rings. The summed E-state index contributed by atoms with van der Waals surface area (Å²) in [5, 5.41) is 3.41. The fraction of sp³-hybridized carbons (Fsp3) is 0.857. The van der Waals surface area contributed by atoms with E-state index in [2.05, 4.69) is 56.6 Å². The second-order valence-electron chi connectivity index (χ2n) is 5.31. The van der Waals surface area contributed by atoms with Crippen LogP contribution in [-0.4, -0.2) is 62.7 Å². The van der Waals surface area contributed by atoms with Crippen LogP contribution in [0.15, 0.2) is 12.2 Å². The van der Waals surface area contributed by atoms with Crippen molar-refractivity contribution in [2.75, 3.05) is 46.8 Å². The highest BCUT2D eigenvalue weighted by atomic mass is 15.1. The van der Waals surface area contributed by atoms with E-state index < -0.39 is 0 Å². The first-order valence-electron chi connectivity index (χ1n) is 6.72. The fourth-order valence-electron chi connectivity index (χ4n) is 1.68. The van der Waals surface area contributed by atoms with Crippen molar-refractivity contribution in [1.29, 1.82) is 0 Å². The fourth-order valence-corrected chi connectivity index (χ4v) is 1.68. The Morgan fingerprint density at radius 2 is 1.88 bits per heavy atom. The highest BCUT2D eigenvalue weighted by Gasteiger charge is 2.05. The molecular formula is C14H31N3. The lowest BCUT2D eigenvalue weighted by molar-refractivity contribution is 0.282. The van der Waals surface area contributed by atoms with Gasteiger partial charge in [0.2, 0.25) is 0 Å². The van der Waals surface area contributed by atoms with Crippen LogP contribution in [0.1, 0.15) is 27.2 Å². The van der Waals surface area contributed by atoms with Crippen molar-refractivity contribution in [1.82, 2.24) is 15.1 Å². The van der Waals surface area contributed by atoms with Crippen LogP contribution in [0.5, 0.6) is 0 Å². The SMILES string of the molecule is C=C(CNC(C)C)CN(CC)CCCN(C)C. The maximum Gasteiger partial charge on any atom is 0.0202 e. The molecule has 102 valence electrons. The summed E-state index contributed by atoms with van der Waals surface area (Å²) < 4.78 is 0. The summed E-state index contributed by atoms with van der Waals surface area (Å²) in [5.74, 6) is 0. The zero-order chi connectivity index (χ0) is 13.3. The Morgan fingerprint density at radius 1 is 1.24 bits per heavy atom. The summed E-state index contributed by atoms with van der Waals surface area (Å²) in [7, 11) is 4.25. The maximum absolute atomic E-state index is 4.14. The molecule has 0 rings (SSSR count). The van der Waals surface area contributed by atoms with E-state index in [0.29, 0.717) is 6.04 Å². The van der Waals surface area contributed by atoms with E-state index in [1.54, 1.807) is 0 Å². The van der Waals surface area contributed by atoms with Gasteiger partial charge in [0.25, 0.3) is 0 Å². The van der Waals surface area contributed by atoms with Gasteiger partial charge in [0, 0.05) is 19.1 Å². The van der Waals surface area contributed by atoms with Gasteiger partial charge in [0.15, 0.2) is 0 Å². The summed E-state index contributed by atoms with van der Waals surface area (Å²) in [6.07, 6.45) is 1.23. The van der Waals surface area contributed by atoms with Crippen LogP contribution >= 0.6 is 0 Å². The lowest BCUT2D eigenvalue weighted by Gasteiger charge is -2.23. The standard InChI is InChI=1S/C14H31N3/c1-7-17(10-8-9-16(5)6)12-14(4)11-15-13(2)3/h13,15H,4,7-12H2,1-3,5-6H3. The third kappa shape index (κ3) is 10.5. The first kappa shape index (κ1) is 16.6. The molecule has 1 N–H and O–H groups in total. The van der Waals surface area contributed by atoms with Gasteiger partial charge in [-0.05, 0) is 45.7 Å². The Hall–Kier alpha value is -0.380. The number of rotatable bonds is 10. The molecule has 0 aromatic carbocycles. The molecule has 0 heterocycles. The van der Waals surface area contributed by atoms with Gasteiger partial charge in [0.1, 0.15) is 0 Å². The molecule has 3 nitrogen and oxygen atoms in total. The van der Waals surface area contributed by atoms with Gasteiger partial charge in [-0.2, -0.15) is 0 Å². The van der Waals surface area contributed by atoms with Crippen molar-refractivity contribution in [2.45, 2.75) is 33.2 Å². The van der Waals surface area contributed by atoms with Crippen LogP contribution in [0, 0.1) is 0 Å². The van der Waals surface area contributed by atoms with Gasteiger partial charge in [0.05, 0.1) is 0 Å². The number of hydrogen-bond acceptors (Lipinski definition) is 3. The summed E-state index contributed by atoms with van der Waals surface area (Å²) >= 11 is 0. The van der Waals surface area contributed by atoms with E-state index in [4.69, 9.17) is 0 Å². The average Bonchev–Trinajstić information content (AvgIpc) is 2.24. The number of hydrogen-bond donors (Lipinski definition) is 1. The molecule has 0 saturated heterocycles. The van der Waals surface area contributed by atoms with Crippen molar-refractivity contribution in [3.63, 3.8) is 0 Å². The van der Waals surface area contributed by atoms with E-state index >= 15 is 0 Å². The van der Waals surface area contributed by atoms with Crippen LogP contribution < -0.4 is 5.32 Å². The van der Waals surface area contributed by atoms with Crippen LogP contribution in [0.3, 0.4) is 0 Å². The van der Waals surface area contributed by atoms with Crippen LogP contribution in [-0.2, 0) is 0 Å². The van der Waals surface area contributed by atoms with Gasteiger partial charge in [-0.15, -0.1) is 0 Å². The van der Waals surface area contributed by atoms with Gasteiger partial charge >= 0.3 is 0 Å². The monoisotopic (exact) mass is 241 g/mol. The molecule has 0 aromatic heterocycles. The smallest absolute Gasteiger partial charge is 0.0202 e. The molecule has 0 amide bonds. The van der Waals surface area contributed by atoms with Crippen LogP contribution in [0.2, 0.25) is 0 Å². The second-order valence-corrected chi connectivity index (χ2v) is 5.31. The summed E-state index contributed by atoms with van der Waals surface area (Å²) in [6.45, 7) is 16.1. The van der Waals surface area contributed by atoms with E-state index in [1.165, 1.54) is 12.0 Å². The summed E-state index contributed by atoms with van der Waals surface area (Å²) in [6, 6.07) is 0.538. The Balaban J connectivity index is 3.75. The van der Waals surface area contributed by atoms with Crippen molar-refractivity contribution in [3.05, 3.63) is 12.2 Å². The number of nitrogens with zero attached hydrogens (tertiary/aromatic N) is 2. The number of nitrogens with one attached hydrogen (secondary N) is 1. The van der Waals surface area contributed by atoms with Crippen molar-refractivity contribution in [2.24, 2.45) is 0 Å². The van der Waals surface area contributed by atoms with Crippen LogP contribution in [0.4, 0.5) is 0 Å². The van der Waals surface area contributed by atoms with Gasteiger partial charge in [-0.1, -0.05) is 27.4 Å². The van der Waals surface area contributed by atoms with Crippen molar-refractivity contribution in [3.8, 4) is 0 Å². The minimum absolute atomic E-state index is 0.538. The predicted octanol–water partition coefficient (Wildman–Crippen LogP) is 1.81. The molecule has 0 spiro atoms. The highest BCUT2D eigenvalue weighted by molar-refractivity contribution is 5.00. The molecule has 0 aliphatic carbocycles. The van der Waals surface area contributed by atoms with E-state index in [9.17, 15) is 0 Å². The van der Waals surface area contributed by atoms with Gasteiger partial charge < -0.3 is 10.2 Å². The number of likely N-dealkylation sites (N-methyl/N-ethyl adjacent to an activating group) is 1. The lowest BCUT2D eigenvalue weighted by Crippen LogP contribution is -2.33. The molecule has 0 fully saturated rings. The molecule has 0 atom stereocenters. The minimum atomic E-state index is 0.538. The van der Waals surface area contributed by atoms with E-state index in [-0.39, 0.29) is 0 Å². The Kier molecular flexibility index (Phi) is 9.41. The Labute approximate surface area is 108 Å². The molecular weight excluding hydrogens is 210 g/mol. The predicted molar refractivity (Wildman–Crippen MR) is 77.6 cm³/mol. The quantitative estimate of drug-likeness (QED) is 0.589. The molecule has 0 aromatic rings. The van der Waals surface area contributed by atoms with Gasteiger partial charge in [-0.3, -0.25) is 4.90 Å². The maximum atomic E-state index is 4.14. The molecule has 17 heavy (non-hydrogen) atoms. The van der Waals surface area contributed by atoms with Crippen LogP contribution in [0.25, 0.3) is 0 Å². The highest BCUT2D eigenvalue weighted by Crippen LogP contribution is 1.98. The Morgan fingerprint density at radius 3 is 2.35 bits per heavy atom. The third-order valence-corrected chi connectivity index (χ3v) is 2.73. The first-order chi connectivity index (χ1) is 7.95. The molecule has 0 saturated carbocycles. The summed E-state index contributed by atoms with van der Waals surface area (Å²) in [4.78, 5) is 4.71. The minimum Gasteiger partial charge on any atom is -0.311 e. The Bertz CT molecular complexity index is 200. The molecule has 0 radical (unpaired) electrons. The third-order valence-electron chi connectivity index (χ3n) is 2.73. The topological polar surface area (TPSA) is 18.5 Å². The largest absolute Gasteiger partial charge is 0.311 e. The van der Waals surface area contributed by atoms with E-state index in [1.807, 2.05) is 0 Å². The molecule has 0 aliphatic heterocycles. The van der Waals surface area contributed by atoms with E-state index in [0.717, 1.165) is 32.7 Å². The normalized spacial score (nSPS) is 11.8. The zero-order valence-corrected chi connectivity index (χ0v) is 12.4. The molecule has 0 unspecified atom stereocenters. The van der Waals surface area contributed by atoms with Gasteiger partial charge in [-0.25, -0.2) is 0 Å². The molecule has 0 bridgehead atoms. The second kappa shape index (κ2) is 9.63. The summed E-state index contributed by atoms with van der Waals surface area (Å²) in [5.41, 5.74) is 1.28.